The van der Waals surface area contributed by atoms with Gasteiger partial charge in [-0.05, 0) is 77.5 Å². The van der Waals surface area contributed by atoms with Crippen LogP contribution in [-0.2, 0) is 18.8 Å². The predicted octanol–water partition coefficient (Wildman–Crippen LogP) is 3.93. The second-order valence-electron chi connectivity index (χ2n) is 9.93. The standard InChI is InChI=1S/C23H33BN2O4/c1-22(2)23(3,4)30-24(29-22)21-18-14-16(17-8-7-12-27-15-17)10-11-19(18)26(25-21)20-9-5-6-13-28-20/h10-11,14,17,20H,5-9,12-13,15H2,1-4H3. The maximum absolute atomic E-state index is 6.38. The molecule has 6 nitrogen and oxygen atoms in total. The first kappa shape index (κ1) is 20.5. The zero-order valence-electron chi connectivity index (χ0n) is 18.6. The molecule has 0 amide bonds. The smallest absolute Gasteiger partial charge is 0.398 e. The third-order valence-electron chi connectivity index (χ3n) is 7.30. The summed E-state index contributed by atoms with van der Waals surface area (Å²) in [4.78, 5) is 0. The fourth-order valence-corrected chi connectivity index (χ4v) is 4.70. The van der Waals surface area contributed by atoms with Gasteiger partial charge in [0.1, 0.15) is 5.59 Å². The molecule has 0 saturated carbocycles. The van der Waals surface area contributed by atoms with Crippen LogP contribution in [0.5, 0.6) is 0 Å². The number of aromatic nitrogens is 2. The van der Waals surface area contributed by atoms with E-state index >= 15 is 0 Å². The van der Waals surface area contributed by atoms with E-state index in [0.29, 0.717) is 5.92 Å². The van der Waals surface area contributed by atoms with Gasteiger partial charge in [-0.25, -0.2) is 4.68 Å². The van der Waals surface area contributed by atoms with E-state index in [1.807, 2.05) is 0 Å². The maximum atomic E-state index is 6.38. The Hall–Kier alpha value is -1.41. The molecule has 5 rings (SSSR count). The second-order valence-corrected chi connectivity index (χ2v) is 9.93. The lowest BCUT2D eigenvalue weighted by atomic mass is 9.81. The molecule has 0 radical (unpaired) electrons. The van der Waals surface area contributed by atoms with Crippen molar-refractivity contribution < 1.29 is 18.8 Å². The summed E-state index contributed by atoms with van der Waals surface area (Å²) < 4.78 is 26.6. The van der Waals surface area contributed by atoms with Crippen LogP contribution in [0.15, 0.2) is 18.2 Å². The van der Waals surface area contributed by atoms with Gasteiger partial charge in [0.05, 0.1) is 23.3 Å². The average molecular weight is 412 g/mol. The van der Waals surface area contributed by atoms with Crippen molar-refractivity contribution in [1.29, 1.82) is 0 Å². The molecule has 3 fully saturated rings. The Balaban J connectivity index is 1.58. The summed E-state index contributed by atoms with van der Waals surface area (Å²) in [7, 11) is -0.486. The normalized spacial score (nSPS) is 28.9. The van der Waals surface area contributed by atoms with E-state index in [2.05, 4.69) is 50.6 Å². The molecule has 0 aliphatic carbocycles. The van der Waals surface area contributed by atoms with Crippen LogP contribution in [0, 0.1) is 0 Å². The molecule has 2 unspecified atom stereocenters. The van der Waals surface area contributed by atoms with Gasteiger partial charge >= 0.3 is 7.12 Å². The maximum Gasteiger partial charge on any atom is 0.517 e. The highest BCUT2D eigenvalue weighted by molar-refractivity contribution is 6.64. The Kier molecular flexibility index (Phi) is 5.21. The summed E-state index contributed by atoms with van der Waals surface area (Å²) in [6.45, 7) is 10.8. The molecule has 0 N–H and O–H groups in total. The van der Waals surface area contributed by atoms with Gasteiger partial charge in [0.25, 0.3) is 0 Å². The Labute approximate surface area is 179 Å². The third kappa shape index (κ3) is 3.50. The summed E-state index contributed by atoms with van der Waals surface area (Å²) >= 11 is 0. The molecular weight excluding hydrogens is 379 g/mol. The molecule has 0 bridgehead atoms. The Morgan fingerprint density at radius 3 is 2.47 bits per heavy atom. The van der Waals surface area contributed by atoms with Crippen LogP contribution in [0.2, 0.25) is 0 Å². The molecule has 4 heterocycles. The molecule has 0 spiro atoms. The number of rotatable bonds is 3. The van der Waals surface area contributed by atoms with Crippen molar-refractivity contribution in [3.05, 3.63) is 23.8 Å². The topological polar surface area (TPSA) is 54.7 Å². The van der Waals surface area contributed by atoms with Gasteiger partial charge in [0, 0.05) is 24.5 Å². The molecule has 2 aromatic rings. The molecule has 162 valence electrons. The molecule has 3 saturated heterocycles. The van der Waals surface area contributed by atoms with E-state index in [-0.39, 0.29) is 6.23 Å². The monoisotopic (exact) mass is 412 g/mol. The van der Waals surface area contributed by atoms with E-state index < -0.39 is 18.3 Å². The van der Waals surface area contributed by atoms with E-state index in [4.69, 9.17) is 23.9 Å². The van der Waals surface area contributed by atoms with Crippen molar-refractivity contribution in [3.63, 3.8) is 0 Å². The largest absolute Gasteiger partial charge is 0.517 e. The highest BCUT2D eigenvalue weighted by atomic mass is 16.7. The fraction of sp³-hybridized carbons (Fsp3) is 0.696. The number of nitrogens with zero attached hydrogens (tertiary/aromatic N) is 2. The van der Waals surface area contributed by atoms with Crippen molar-refractivity contribution in [2.24, 2.45) is 0 Å². The highest BCUT2D eigenvalue weighted by Crippen LogP contribution is 2.38. The van der Waals surface area contributed by atoms with Gasteiger partial charge in [-0.1, -0.05) is 6.07 Å². The summed E-state index contributed by atoms with van der Waals surface area (Å²) in [5.41, 5.74) is 2.46. The molecule has 3 aliphatic heterocycles. The van der Waals surface area contributed by atoms with Gasteiger partial charge in [0.2, 0.25) is 0 Å². The summed E-state index contributed by atoms with van der Waals surface area (Å²) in [5, 5.41) is 6.13. The molecule has 30 heavy (non-hydrogen) atoms. The lowest BCUT2D eigenvalue weighted by Gasteiger charge is -2.32. The summed E-state index contributed by atoms with van der Waals surface area (Å²) in [5.74, 6) is 0.434. The van der Waals surface area contributed by atoms with Crippen molar-refractivity contribution >= 4 is 23.6 Å². The number of fused-ring (bicyclic) bond motifs is 1. The number of ether oxygens (including phenoxy) is 2. The SMILES string of the molecule is CC1(C)OB(c2nn(C3CCCCO3)c3ccc(C4CCCOC4)cc23)OC1(C)C. The van der Waals surface area contributed by atoms with Crippen molar-refractivity contribution in [2.45, 2.75) is 83.1 Å². The van der Waals surface area contributed by atoms with E-state index in [9.17, 15) is 0 Å². The van der Waals surface area contributed by atoms with Crippen LogP contribution in [0.1, 0.15) is 77.5 Å². The Bertz CT molecular complexity index is 897. The first-order chi connectivity index (χ1) is 14.4. The number of hydrogen-bond acceptors (Lipinski definition) is 5. The van der Waals surface area contributed by atoms with E-state index in [1.54, 1.807) is 0 Å². The second kappa shape index (κ2) is 7.62. The van der Waals surface area contributed by atoms with E-state index in [0.717, 1.165) is 68.4 Å². The Morgan fingerprint density at radius 2 is 1.80 bits per heavy atom. The third-order valence-corrected chi connectivity index (χ3v) is 7.30. The highest BCUT2D eigenvalue weighted by Gasteiger charge is 2.53. The number of hydrogen-bond donors (Lipinski definition) is 0. The van der Waals surface area contributed by atoms with E-state index in [1.165, 1.54) is 5.56 Å². The van der Waals surface area contributed by atoms with Crippen molar-refractivity contribution in [2.75, 3.05) is 19.8 Å². The van der Waals surface area contributed by atoms with Gasteiger partial charge < -0.3 is 18.8 Å². The quantitative estimate of drug-likeness (QED) is 0.716. The minimum Gasteiger partial charge on any atom is -0.398 e. The summed E-state index contributed by atoms with van der Waals surface area (Å²) in [6.07, 6.45) is 5.51. The van der Waals surface area contributed by atoms with Crippen LogP contribution in [0.25, 0.3) is 10.9 Å². The fourth-order valence-electron chi connectivity index (χ4n) is 4.70. The Morgan fingerprint density at radius 1 is 1.00 bits per heavy atom. The molecule has 2 atom stereocenters. The number of benzene rings is 1. The predicted molar refractivity (Wildman–Crippen MR) is 117 cm³/mol. The van der Waals surface area contributed by atoms with Gasteiger partial charge in [-0.3, -0.25) is 0 Å². The van der Waals surface area contributed by atoms with Crippen LogP contribution in [-0.4, -0.2) is 47.9 Å². The molecule has 1 aromatic heterocycles. The van der Waals surface area contributed by atoms with Gasteiger partial charge in [0.15, 0.2) is 6.23 Å². The van der Waals surface area contributed by atoms with Crippen LogP contribution in [0.3, 0.4) is 0 Å². The van der Waals surface area contributed by atoms with Gasteiger partial charge in [-0.15, -0.1) is 0 Å². The van der Waals surface area contributed by atoms with Crippen LogP contribution >= 0.6 is 0 Å². The van der Waals surface area contributed by atoms with Crippen molar-refractivity contribution in [3.8, 4) is 0 Å². The minimum atomic E-state index is -0.486. The first-order valence-corrected chi connectivity index (χ1v) is 11.4. The molecular formula is C23H33BN2O4. The van der Waals surface area contributed by atoms with Crippen LogP contribution in [0.4, 0.5) is 0 Å². The van der Waals surface area contributed by atoms with Crippen molar-refractivity contribution in [1.82, 2.24) is 9.78 Å². The lowest BCUT2D eigenvalue weighted by molar-refractivity contribution is -0.0364. The minimum absolute atomic E-state index is 0.0266. The summed E-state index contributed by atoms with van der Waals surface area (Å²) in [6, 6.07) is 6.71. The molecule has 1 aromatic carbocycles. The average Bonchev–Trinajstić information content (AvgIpc) is 3.22. The zero-order valence-corrected chi connectivity index (χ0v) is 18.6. The molecule has 7 heteroatoms. The lowest BCUT2D eigenvalue weighted by Crippen LogP contribution is -2.41. The zero-order chi connectivity index (χ0) is 20.9. The van der Waals surface area contributed by atoms with Gasteiger partial charge in [-0.2, -0.15) is 5.10 Å². The first-order valence-electron chi connectivity index (χ1n) is 11.4. The molecule has 3 aliphatic rings. The van der Waals surface area contributed by atoms with Crippen LogP contribution < -0.4 is 5.59 Å².